The first kappa shape index (κ1) is 15.2. The predicted molar refractivity (Wildman–Crippen MR) is 63.6 cm³/mol. The van der Waals surface area contributed by atoms with Gasteiger partial charge in [-0.1, -0.05) is 20.4 Å². The highest BCUT2D eigenvalue weighted by Gasteiger charge is 2.24. The maximum atomic E-state index is 11.5. The Hall–Kier alpha value is -0.840. The molecule has 0 N–H and O–H groups in total. The normalized spacial score (nSPS) is 13.5. The molecule has 0 aromatic heterocycles. The second kappa shape index (κ2) is 6.68. The predicted octanol–water partition coefficient (Wildman–Crippen LogP) is 1.77. The van der Waals surface area contributed by atoms with E-state index in [2.05, 4.69) is 6.58 Å². The van der Waals surface area contributed by atoms with E-state index >= 15 is 0 Å². The van der Waals surface area contributed by atoms with Crippen molar-refractivity contribution in [3.8, 4) is 0 Å². The topological polar surface area (TPSA) is 60.4 Å². The van der Waals surface area contributed by atoms with Crippen LogP contribution in [0, 0.1) is 11.8 Å². The molecule has 0 aromatic carbocycles. The monoisotopic (exact) mass is 248 g/mol. The van der Waals surface area contributed by atoms with Gasteiger partial charge in [-0.05, 0) is 19.3 Å². The zero-order chi connectivity index (χ0) is 12.8. The first-order chi connectivity index (χ1) is 7.34. The van der Waals surface area contributed by atoms with Crippen molar-refractivity contribution in [2.24, 2.45) is 11.8 Å². The van der Waals surface area contributed by atoms with Crippen molar-refractivity contribution >= 4 is 15.8 Å². The molecule has 0 radical (unpaired) electrons. The van der Waals surface area contributed by atoms with Crippen LogP contribution in [0.15, 0.2) is 12.0 Å². The standard InChI is InChI=1S/C11H20O4S/c1-5-15-11(12)10(9(3)4)7-8-16(13,14)6-2/h6,9-10H,2,5,7-8H2,1,3-4H3. The molecule has 0 saturated carbocycles. The summed E-state index contributed by atoms with van der Waals surface area (Å²) in [5.74, 6) is -0.677. The van der Waals surface area contributed by atoms with Gasteiger partial charge in [0.1, 0.15) is 0 Å². The first-order valence-corrected chi connectivity index (χ1v) is 7.07. The van der Waals surface area contributed by atoms with E-state index in [0.717, 1.165) is 5.41 Å². The molecule has 0 heterocycles. The Morgan fingerprint density at radius 2 is 2.00 bits per heavy atom. The number of hydrogen-bond donors (Lipinski definition) is 0. The van der Waals surface area contributed by atoms with Crippen LogP contribution in [-0.2, 0) is 19.4 Å². The van der Waals surface area contributed by atoms with Crippen molar-refractivity contribution in [1.82, 2.24) is 0 Å². The highest BCUT2D eigenvalue weighted by atomic mass is 32.2. The lowest BCUT2D eigenvalue weighted by Crippen LogP contribution is -2.25. The van der Waals surface area contributed by atoms with Crippen LogP contribution in [0.4, 0.5) is 0 Å². The minimum atomic E-state index is -3.24. The van der Waals surface area contributed by atoms with Crippen molar-refractivity contribution in [3.05, 3.63) is 12.0 Å². The molecule has 0 aliphatic carbocycles. The quantitative estimate of drug-likeness (QED) is 0.644. The van der Waals surface area contributed by atoms with Crippen LogP contribution in [0.1, 0.15) is 27.2 Å². The van der Waals surface area contributed by atoms with Gasteiger partial charge in [0.25, 0.3) is 0 Å². The Morgan fingerprint density at radius 3 is 2.38 bits per heavy atom. The zero-order valence-electron chi connectivity index (χ0n) is 10.1. The Bertz CT molecular complexity index is 330. The molecule has 16 heavy (non-hydrogen) atoms. The molecule has 5 heteroatoms. The van der Waals surface area contributed by atoms with E-state index in [-0.39, 0.29) is 30.0 Å². The highest BCUT2D eigenvalue weighted by molar-refractivity contribution is 7.94. The fourth-order valence-corrected chi connectivity index (χ4v) is 2.10. The number of esters is 1. The Morgan fingerprint density at radius 1 is 1.44 bits per heavy atom. The van der Waals surface area contributed by atoms with Gasteiger partial charge in [-0.2, -0.15) is 0 Å². The number of hydrogen-bond acceptors (Lipinski definition) is 4. The molecule has 0 saturated heterocycles. The second-order valence-corrected chi connectivity index (χ2v) is 5.99. The molecule has 1 atom stereocenters. The van der Waals surface area contributed by atoms with Gasteiger partial charge < -0.3 is 4.74 Å². The average Bonchev–Trinajstić information content (AvgIpc) is 2.17. The van der Waals surface area contributed by atoms with Crippen molar-refractivity contribution in [2.75, 3.05) is 12.4 Å². The Kier molecular flexibility index (Phi) is 6.33. The van der Waals surface area contributed by atoms with Gasteiger partial charge in [-0.15, -0.1) is 0 Å². The van der Waals surface area contributed by atoms with Gasteiger partial charge >= 0.3 is 5.97 Å². The molecule has 0 amide bonds. The summed E-state index contributed by atoms with van der Waals surface area (Å²) in [7, 11) is -3.24. The van der Waals surface area contributed by atoms with E-state index in [9.17, 15) is 13.2 Å². The molecule has 0 aromatic rings. The summed E-state index contributed by atoms with van der Waals surface area (Å²) in [4.78, 5) is 11.5. The summed E-state index contributed by atoms with van der Waals surface area (Å²) >= 11 is 0. The summed E-state index contributed by atoms with van der Waals surface area (Å²) in [5.41, 5.74) is 0. The minimum Gasteiger partial charge on any atom is -0.466 e. The number of sulfone groups is 1. The fraction of sp³-hybridized carbons (Fsp3) is 0.727. The van der Waals surface area contributed by atoms with E-state index in [1.54, 1.807) is 6.92 Å². The van der Waals surface area contributed by atoms with Gasteiger partial charge in [-0.3, -0.25) is 4.79 Å². The number of carbonyl (C=O) groups excluding carboxylic acids is 1. The summed E-state index contributed by atoms with van der Waals surface area (Å²) in [6.07, 6.45) is 0.283. The molecule has 0 rings (SSSR count). The van der Waals surface area contributed by atoms with E-state index < -0.39 is 9.84 Å². The third kappa shape index (κ3) is 5.30. The van der Waals surface area contributed by atoms with Crippen LogP contribution >= 0.6 is 0 Å². The van der Waals surface area contributed by atoms with Crippen LogP contribution < -0.4 is 0 Å². The third-order valence-corrected chi connectivity index (χ3v) is 3.67. The SMILES string of the molecule is C=CS(=O)(=O)CCC(C(=O)OCC)C(C)C. The molecule has 94 valence electrons. The fourth-order valence-electron chi connectivity index (χ4n) is 1.35. The summed E-state index contributed by atoms with van der Waals surface area (Å²) in [5, 5.41) is 0.926. The second-order valence-electron chi connectivity index (χ2n) is 3.92. The van der Waals surface area contributed by atoms with Crippen LogP contribution in [0.5, 0.6) is 0 Å². The van der Waals surface area contributed by atoms with E-state index in [0.29, 0.717) is 6.61 Å². The van der Waals surface area contributed by atoms with Gasteiger partial charge in [0.05, 0.1) is 18.3 Å². The van der Waals surface area contributed by atoms with E-state index in [1.165, 1.54) is 0 Å². The van der Waals surface area contributed by atoms with Crippen molar-refractivity contribution in [1.29, 1.82) is 0 Å². The van der Waals surface area contributed by atoms with Crippen LogP contribution in [0.25, 0.3) is 0 Å². The van der Waals surface area contributed by atoms with Crippen LogP contribution in [0.2, 0.25) is 0 Å². The van der Waals surface area contributed by atoms with Crippen molar-refractivity contribution in [2.45, 2.75) is 27.2 Å². The molecular weight excluding hydrogens is 228 g/mol. The lowest BCUT2D eigenvalue weighted by Gasteiger charge is -2.18. The van der Waals surface area contributed by atoms with Gasteiger partial charge in [0, 0.05) is 5.41 Å². The van der Waals surface area contributed by atoms with Gasteiger partial charge in [-0.25, -0.2) is 8.42 Å². The summed E-state index contributed by atoms with van der Waals surface area (Å²) in [6.45, 7) is 9.03. The molecule has 4 nitrogen and oxygen atoms in total. The zero-order valence-corrected chi connectivity index (χ0v) is 10.9. The number of rotatable bonds is 7. The van der Waals surface area contributed by atoms with E-state index in [4.69, 9.17) is 4.74 Å². The molecule has 0 spiro atoms. The van der Waals surface area contributed by atoms with Crippen molar-refractivity contribution < 1.29 is 17.9 Å². The molecule has 1 unspecified atom stereocenters. The summed E-state index contributed by atoms with van der Waals surface area (Å²) < 4.78 is 27.4. The Balaban J connectivity index is 4.47. The molecular formula is C11H20O4S. The summed E-state index contributed by atoms with van der Waals surface area (Å²) in [6, 6.07) is 0. The minimum absolute atomic E-state index is 0.0574. The lowest BCUT2D eigenvalue weighted by atomic mass is 9.93. The average molecular weight is 248 g/mol. The molecule has 0 aliphatic rings. The maximum absolute atomic E-state index is 11.5. The lowest BCUT2D eigenvalue weighted by molar-refractivity contribution is -0.149. The van der Waals surface area contributed by atoms with Crippen LogP contribution in [0.3, 0.4) is 0 Å². The largest absolute Gasteiger partial charge is 0.466 e. The number of carbonyl (C=O) groups is 1. The van der Waals surface area contributed by atoms with Gasteiger partial charge in [0.15, 0.2) is 9.84 Å². The van der Waals surface area contributed by atoms with Gasteiger partial charge in [0.2, 0.25) is 0 Å². The maximum Gasteiger partial charge on any atom is 0.309 e. The van der Waals surface area contributed by atoms with E-state index in [1.807, 2.05) is 13.8 Å². The Labute approximate surface area is 97.6 Å². The molecule has 0 fully saturated rings. The van der Waals surface area contributed by atoms with Crippen molar-refractivity contribution in [3.63, 3.8) is 0 Å². The highest BCUT2D eigenvalue weighted by Crippen LogP contribution is 2.18. The molecule has 0 bridgehead atoms. The third-order valence-electron chi connectivity index (χ3n) is 2.36. The molecule has 0 aliphatic heterocycles. The number of ether oxygens (including phenoxy) is 1. The first-order valence-electron chi connectivity index (χ1n) is 5.35. The smallest absolute Gasteiger partial charge is 0.309 e. The van der Waals surface area contributed by atoms with Crippen LogP contribution in [-0.4, -0.2) is 26.7 Å².